The number of rotatable bonds is 2. The van der Waals surface area contributed by atoms with Gasteiger partial charge >= 0.3 is 0 Å². The van der Waals surface area contributed by atoms with Crippen molar-refractivity contribution in [3.05, 3.63) is 33.8 Å². The van der Waals surface area contributed by atoms with Gasteiger partial charge in [-0.25, -0.2) is 8.78 Å². The number of nitrogens with one attached hydrogen (secondary N) is 1. The third-order valence-corrected chi connectivity index (χ3v) is 3.63. The van der Waals surface area contributed by atoms with Crippen LogP contribution in [0.3, 0.4) is 0 Å². The lowest BCUT2D eigenvalue weighted by molar-refractivity contribution is 0.0919. The fourth-order valence-electron chi connectivity index (χ4n) is 2.26. The molecule has 0 heterocycles. The second-order valence-electron chi connectivity index (χ2n) is 4.55. The monoisotopic (exact) mass is 317 g/mol. The smallest absolute Gasteiger partial charge is 0.257 e. The van der Waals surface area contributed by atoms with Crippen LogP contribution in [0.15, 0.2) is 16.6 Å². The first-order valence-electron chi connectivity index (χ1n) is 6.03. The molecule has 1 N–H and O–H groups in total. The van der Waals surface area contributed by atoms with Gasteiger partial charge in [0.25, 0.3) is 5.91 Å². The Morgan fingerprint density at radius 3 is 2.28 bits per heavy atom. The maximum absolute atomic E-state index is 13.6. The van der Waals surface area contributed by atoms with Gasteiger partial charge < -0.3 is 5.32 Å². The zero-order chi connectivity index (χ0) is 13.1. The van der Waals surface area contributed by atoms with Crippen molar-refractivity contribution >= 4 is 21.8 Å². The maximum atomic E-state index is 13.6. The predicted octanol–water partition coefficient (Wildman–Crippen LogP) is 3.79. The fraction of sp³-hybridized carbons (Fsp3) is 0.462. The van der Waals surface area contributed by atoms with E-state index in [2.05, 4.69) is 21.2 Å². The highest BCUT2D eigenvalue weighted by Gasteiger charge is 2.22. The molecule has 0 saturated heterocycles. The van der Waals surface area contributed by atoms with Gasteiger partial charge in [-0.1, -0.05) is 35.2 Å². The van der Waals surface area contributed by atoms with E-state index in [9.17, 15) is 13.6 Å². The van der Waals surface area contributed by atoms with E-state index in [0.29, 0.717) is 0 Å². The minimum absolute atomic E-state index is 0.0358. The Morgan fingerprint density at radius 2 is 1.72 bits per heavy atom. The number of hydrogen-bond donors (Lipinski definition) is 1. The molecule has 1 aliphatic rings. The van der Waals surface area contributed by atoms with Crippen molar-refractivity contribution in [3.8, 4) is 0 Å². The van der Waals surface area contributed by atoms with Crippen molar-refractivity contribution in [3.63, 3.8) is 0 Å². The van der Waals surface area contributed by atoms with E-state index in [0.717, 1.165) is 44.2 Å². The summed E-state index contributed by atoms with van der Waals surface area (Å²) in [5.41, 5.74) is -0.497. The van der Waals surface area contributed by atoms with Crippen molar-refractivity contribution in [2.45, 2.75) is 38.1 Å². The molecule has 5 heteroatoms. The molecule has 1 amide bonds. The molecule has 0 aliphatic heterocycles. The molecule has 0 spiro atoms. The van der Waals surface area contributed by atoms with Crippen LogP contribution in [-0.2, 0) is 0 Å². The van der Waals surface area contributed by atoms with Gasteiger partial charge in [-0.2, -0.15) is 0 Å². The van der Waals surface area contributed by atoms with E-state index in [1.54, 1.807) is 0 Å². The second kappa shape index (κ2) is 5.78. The summed E-state index contributed by atoms with van der Waals surface area (Å²) in [6.07, 6.45) is 5.02. The van der Waals surface area contributed by atoms with E-state index < -0.39 is 23.1 Å². The molecule has 0 unspecified atom stereocenters. The summed E-state index contributed by atoms with van der Waals surface area (Å²) in [7, 11) is 0. The Balaban J connectivity index is 2.13. The van der Waals surface area contributed by atoms with Crippen LogP contribution in [0.25, 0.3) is 0 Å². The van der Waals surface area contributed by atoms with Gasteiger partial charge in [0, 0.05) is 10.5 Å². The van der Waals surface area contributed by atoms with Gasteiger partial charge in [0.2, 0.25) is 0 Å². The van der Waals surface area contributed by atoms with E-state index in [1.807, 2.05) is 0 Å². The van der Waals surface area contributed by atoms with Crippen LogP contribution in [0.4, 0.5) is 8.78 Å². The average molecular weight is 318 g/mol. The van der Waals surface area contributed by atoms with Gasteiger partial charge in [0.1, 0.15) is 17.2 Å². The van der Waals surface area contributed by atoms with Gasteiger partial charge in [-0.3, -0.25) is 4.79 Å². The molecule has 2 rings (SSSR count). The minimum Gasteiger partial charge on any atom is -0.349 e. The largest absolute Gasteiger partial charge is 0.349 e. The molecular weight excluding hydrogens is 304 g/mol. The Bertz CT molecular complexity index is 435. The Morgan fingerprint density at radius 1 is 1.17 bits per heavy atom. The number of hydrogen-bond acceptors (Lipinski definition) is 1. The van der Waals surface area contributed by atoms with Gasteiger partial charge in [-0.05, 0) is 25.0 Å². The van der Waals surface area contributed by atoms with Crippen molar-refractivity contribution in [2.75, 3.05) is 0 Å². The zero-order valence-electron chi connectivity index (χ0n) is 9.81. The quantitative estimate of drug-likeness (QED) is 0.883. The van der Waals surface area contributed by atoms with Crippen molar-refractivity contribution in [1.82, 2.24) is 5.32 Å². The van der Waals surface area contributed by atoms with Crippen LogP contribution in [0, 0.1) is 11.6 Å². The van der Waals surface area contributed by atoms with Gasteiger partial charge in [0.15, 0.2) is 0 Å². The number of carbonyl (C=O) groups excluding carboxylic acids is 1. The summed E-state index contributed by atoms with van der Waals surface area (Å²) in [5.74, 6) is -2.34. The highest BCUT2D eigenvalue weighted by atomic mass is 79.9. The molecule has 0 radical (unpaired) electrons. The third kappa shape index (κ3) is 3.07. The van der Waals surface area contributed by atoms with E-state index >= 15 is 0 Å². The number of amides is 1. The molecule has 1 aromatic rings. The Hall–Kier alpha value is -0.970. The van der Waals surface area contributed by atoms with Crippen LogP contribution >= 0.6 is 15.9 Å². The highest BCUT2D eigenvalue weighted by molar-refractivity contribution is 9.10. The summed E-state index contributed by atoms with van der Waals surface area (Å²) >= 11 is 2.98. The third-order valence-electron chi connectivity index (χ3n) is 3.17. The van der Waals surface area contributed by atoms with Crippen LogP contribution in [0.1, 0.15) is 42.5 Å². The lowest BCUT2D eigenvalue weighted by Crippen LogP contribution is -2.37. The number of benzene rings is 1. The van der Waals surface area contributed by atoms with Crippen LogP contribution < -0.4 is 5.32 Å². The summed E-state index contributed by atoms with van der Waals surface area (Å²) in [4.78, 5) is 11.9. The number of halogens is 3. The van der Waals surface area contributed by atoms with Crippen LogP contribution in [0.5, 0.6) is 0 Å². The normalized spacial score (nSPS) is 16.6. The summed E-state index contributed by atoms with van der Waals surface area (Å²) in [6.45, 7) is 0. The lowest BCUT2D eigenvalue weighted by Gasteiger charge is -2.22. The zero-order valence-corrected chi connectivity index (χ0v) is 11.4. The van der Waals surface area contributed by atoms with Gasteiger partial charge in [0.05, 0.1) is 0 Å². The molecular formula is C13H14BrF2NO. The first-order chi connectivity index (χ1) is 8.58. The topological polar surface area (TPSA) is 29.1 Å². The standard InChI is InChI=1S/C13H14BrF2NO/c14-8-6-10(15)12(11(16)7-8)13(18)17-9-4-2-1-3-5-9/h6-7,9H,1-5H2,(H,17,18). The molecule has 0 aromatic heterocycles. The molecule has 1 fully saturated rings. The Kier molecular flexibility index (Phi) is 4.32. The highest BCUT2D eigenvalue weighted by Crippen LogP contribution is 2.21. The minimum atomic E-state index is -0.838. The molecule has 98 valence electrons. The Labute approximate surface area is 113 Å². The summed E-state index contributed by atoms with van der Waals surface area (Å²) < 4.78 is 27.5. The molecule has 0 bridgehead atoms. The molecule has 1 aromatic carbocycles. The first kappa shape index (κ1) is 13.5. The van der Waals surface area contributed by atoms with E-state index in [4.69, 9.17) is 0 Å². The van der Waals surface area contributed by atoms with Gasteiger partial charge in [-0.15, -0.1) is 0 Å². The second-order valence-corrected chi connectivity index (χ2v) is 5.47. The van der Waals surface area contributed by atoms with E-state index in [-0.39, 0.29) is 10.5 Å². The summed E-state index contributed by atoms with van der Waals surface area (Å²) in [6, 6.07) is 2.23. The van der Waals surface area contributed by atoms with Crippen molar-refractivity contribution < 1.29 is 13.6 Å². The maximum Gasteiger partial charge on any atom is 0.257 e. The van der Waals surface area contributed by atoms with Crippen molar-refractivity contribution in [2.24, 2.45) is 0 Å². The molecule has 2 nitrogen and oxygen atoms in total. The molecule has 18 heavy (non-hydrogen) atoms. The van der Waals surface area contributed by atoms with Crippen LogP contribution in [-0.4, -0.2) is 11.9 Å². The fourth-order valence-corrected chi connectivity index (χ4v) is 2.67. The lowest BCUT2D eigenvalue weighted by atomic mass is 9.95. The van der Waals surface area contributed by atoms with E-state index in [1.165, 1.54) is 0 Å². The summed E-state index contributed by atoms with van der Waals surface area (Å²) in [5, 5.41) is 2.70. The van der Waals surface area contributed by atoms with Crippen LogP contribution in [0.2, 0.25) is 0 Å². The predicted molar refractivity (Wildman–Crippen MR) is 68.4 cm³/mol. The first-order valence-corrected chi connectivity index (χ1v) is 6.82. The SMILES string of the molecule is O=C(NC1CCCCC1)c1c(F)cc(Br)cc1F. The van der Waals surface area contributed by atoms with Crippen molar-refractivity contribution in [1.29, 1.82) is 0 Å². The molecule has 0 atom stereocenters. The molecule has 1 aliphatic carbocycles. The average Bonchev–Trinajstić information content (AvgIpc) is 2.28. The number of carbonyl (C=O) groups is 1. The molecule has 1 saturated carbocycles.